The molecule has 0 aromatic carbocycles. The quantitative estimate of drug-likeness (QED) is 0.540. The molecule has 1 aliphatic heterocycles. The summed E-state index contributed by atoms with van der Waals surface area (Å²) in [6, 6.07) is 0. The molecule has 1 rings (SSSR count). The highest BCUT2D eigenvalue weighted by Gasteiger charge is 2.29. The summed E-state index contributed by atoms with van der Waals surface area (Å²) < 4.78 is 11.8. The minimum atomic E-state index is -0.263. The molecule has 1 fully saturated rings. The maximum atomic E-state index is 5.35. The van der Waals surface area contributed by atoms with Crippen LogP contribution in [0.15, 0.2) is 0 Å². The molecule has 0 amide bonds. The van der Waals surface area contributed by atoms with Gasteiger partial charge < -0.3 is 9.47 Å². The van der Waals surface area contributed by atoms with Crippen LogP contribution >= 0.6 is 22.6 Å². The minimum Gasteiger partial charge on any atom is -0.348 e. The van der Waals surface area contributed by atoms with E-state index in [1.165, 1.54) is 0 Å². The second-order valence-corrected chi connectivity index (χ2v) is 3.35. The van der Waals surface area contributed by atoms with E-state index in [2.05, 4.69) is 22.6 Å². The molecule has 1 saturated heterocycles. The fourth-order valence-corrected chi connectivity index (χ4v) is 1.85. The molecule has 0 aliphatic carbocycles. The Labute approximate surface area is 69.0 Å². The molecule has 3 heteroatoms. The first-order chi connectivity index (χ1) is 4.27. The zero-order chi connectivity index (χ0) is 6.74. The van der Waals surface area contributed by atoms with Gasteiger partial charge >= 0.3 is 0 Å². The van der Waals surface area contributed by atoms with Crippen molar-refractivity contribution in [3.05, 3.63) is 0 Å². The molecule has 9 heavy (non-hydrogen) atoms. The van der Waals surface area contributed by atoms with Crippen molar-refractivity contribution in [3.63, 3.8) is 0 Å². The molecule has 0 aromatic rings. The SMILES string of the molecule is CC1(CCI)OCCO1. The number of alkyl halides is 1. The van der Waals surface area contributed by atoms with Crippen molar-refractivity contribution in [2.45, 2.75) is 19.1 Å². The van der Waals surface area contributed by atoms with Gasteiger partial charge in [0.15, 0.2) is 5.79 Å². The lowest BCUT2D eigenvalue weighted by Gasteiger charge is -2.20. The molecule has 0 aromatic heterocycles. The van der Waals surface area contributed by atoms with E-state index < -0.39 is 0 Å². The van der Waals surface area contributed by atoms with E-state index in [1.54, 1.807) is 0 Å². The third-order valence-corrected chi connectivity index (χ3v) is 1.99. The molecule has 2 nitrogen and oxygen atoms in total. The standard InChI is InChI=1S/C6H11IO2/c1-6(2-3-7)8-4-5-9-6/h2-5H2,1H3. The third-order valence-electron chi connectivity index (χ3n) is 1.45. The van der Waals surface area contributed by atoms with Crippen molar-refractivity contribution < 1.29 is 9.47 Å². The molecule has 54 valence electrons. The molecule has 0 unspecified atom stereocenters. The maximum Gasteiger partial charge on any atom is 0.166 e. The highest BCUT2D eigenvalue weighted by atomic mass is 127. The molecule has 0 spiro atoms. The van der Waals surface area contributed by atoms with Crippen molar-refractivity contribution >= 4 is 22.6 Å². The highest BCUT2D eigenvalue weighted by Crippen LogP contribution is 2.22. The fourth-order valence-electron chi connectivity index (χ4n) is 0.873. The molecule has 0 atom stereocenters. The Kier molecular flexibility index (Phi) is 2.73. The van der Waals surface area contributed by atoms with Crippen LogP contribution in [0.4, 0.5) is 0 Å². The topological polar surface area (TPSA) is 18.5 Å². The molecule has 1 aliphatic rings. The van der Waals surface area contributed by atoms with Gasteiger partial charge in [0, 0.05) is 10.8 Å². The lowest BCUT2D eigenvalue weighted by molar-refractivity contribution is -0.142. The van der Waals surface area contributed by atoms with Crippen molar-refractivity contribution in [1.29, 1.82) is 0 Å². The fraction of sp³-hybridized carbons (Fsp3) is 1.00. The number of hydrogen-bond donors (Lipinski definition) is 0. The lowest BCUT2D eigenvalue weighted by atomic mass is 10.2. The summed E-state index contributed by atoms with van der Waals surface area (Å²) in [5.41, 5.74) is 0. The van der Waals surface area contributed by atoms with E-state index in [0.29, 0.717) is 0 Å². The molecular formula is C6H11IO2. The predicted octanol–water partition coefficient (Wildman–Crippen LogP) is 1.57. The van der Waals surface area contributed by atoms with E-state index >= 15 is 0 Å². The number of ether oxygens (including phenoxy) is 2. The van der Waals surface area contributed by atoms with Gasteiger partial charge in [0.2, 0.25) is 0 Å². The van der Waals surface area contributed by atoms with Gasteiger partial charge in [0.1, 0.15) is 0 Å². The summed E-state index contributed by atoms with van der Waals surface area (Å²) in [5.74, 6) is -0.263. The van der Waals surface area contributed by atoms with E-state index in [9.17, 15) is 0 Å². The van der Waals surface area contributed by atoms with Gasteiger partial charge in [-0.2, -0.15) is 0 Å². The summed E-state index contributed by atoms with van der Waals surface area (Å²) in [4.78, 5) is 0. The molecule has 0 N–H and O–H groups in total. The van der Waals surface area contributed by atoms with E-state index in [-0.39, 0.29) is 5.79 Å². The Bertz CT molecular complexity index is 89.1. The Morgan fingerprint density at radius 3 is 2.44 bits per heavy atom. The van der Waals surface area contributed by atoms with E-state index in [1.807, 2.05) is 6.92 Å². The molecular weight excluding hydrogens is 231 g/mol. The molecule has 0 saturated carbocycles. The van der Waals surface area contributed by atoms with Crippen LogP contribution in [0.1, 0.15) is 13.3 Å². The second-order valence-electron chi connectivity index (χ2n) is 2.27. The number of rotatable bonds is 2. The molecule has 1 heterocycles. The van der Waals surface area contributed by atoms with Crippen LogP contribution in [0.2, 0.25) is 0 Å². The van der Waals surface area contributed by atoms with Crippen molar-refractivity contribution in [2.24, 2.45) is 0 Å². The predicted molar refractivity (Wildman–Crippen MR) is 43.8 cm³/mol. The van der Waals surface area contributed by atoms with Crippen molar-refractivity contribution in [1.82, 2.24) is 0 Å². The van der Waals surface area contributed by atoms with Gasteiger partial charge in [-0.05, 0) is 6.92 Å². The smallest absolute Gasteiger partial charge is 0.166 e. The van der Waals surface area contributed by atoms with E-state index in [0.717, 1.165) is 24.1 Å². The van der Waals surface area contributed by atoms with E-state index in [4.69, 9.17) is 9.47 Å². The van der Waals surface area contributed by atoms with Crippen LogP contribution < -0.4 is 0 Å². The molecule has 0 bridgehead atoms. The van der Waals surface area contributed by atoms with Crippen LogP contribution in [0.5, 0.6) is 0 Å². The lowest BCUT2D eigenvalue weighted by Crippen LogP contribution is -2.25. The maximum absolute atomic E-state index is 5.35. The Morgan fingerprint density at radius 1 is 1.44 bits per heavy atom. The summed E-state index contributed by atoms with van der Waals surface area (Å²) in [5, 5.41) is 0. The second kappa shape index (κ2) is 3.16. The summed E-state index contributed by atoms with van der Waals surface area (Å²) >= 11 is 2.33. The minimum absolute atomic E-state index is 0.263. The average molecular weight is 242 g/mol. The Morgan fingerprint density at radius 2 is 2.00 bits per heavy atom. The first kappa shape index (κ1) is 7.75. The zero-order valence-corrected chi connectivity index (χ0v) is 7.68. The van der Waals surface area contributed by atoms with Gasteiger partial charge in [-0.15, -0.1) is 0 Å². The van der Waals surface area contributed by atoms with Crippen molar-refractivity contribution in [3.8, 4) is 0 Å². The third kappa shape index (κ3) is 2.05. The summed E-state index contributed by atoms with van der Waals surface area (Å²) in [6.07, 6.45) is 0.994. The normalized spacial score (nSPS) is 24.7. The van der Waals surface area contributed by atoms with Crippen LogP contribution in [-0.2, 0) is 9.47 Å². The van der Waals surface area contributed by atoms with Gasteiger partial charge in [-0.1, -0.05) is 22.6 Å². The van der Waals surface area contributed by atoms with Crippen LogP contribution in [0, 0.1) is 0 Å². The van der Waals surface area contributed by atoms with Crippen LogP contribution in [-0.4, -0.2) is 23.4 Å². The largest absolute Gasteiger partial charge is 0.348 e. The molecule has 0 radical (unpaired) electrons. The van der Waals surface area contributed by atoms with Crippen LogP contribution in [0.25, 0.3) is 0 Å². The Hall–Kier alpha value is 0.650. The average Bonchev–Trinajstić information content (AvgIpc) is 2.16. The zero-order valence-electron chi connectivity index (χ0n) is 5.52. The monoisotopic (exact) mass is 242 g/mol. The summed E-state index contributed by atoms with van der Waals surface area (Å²) in [6.45, 7) is 3.51. The number of halogens is 1. The van der Waals surface area contributed by atoms with Gasteiger partial charge in [-0.3, -0.25) is 0 Å². The first-order valence-electron chi connectivity index (χ1n) is 3.11. The van der Waals surface area contributed by atoms with Gasteiger partial charge in [-0.25, -0.2) is 0 Å². The number of hydrogen-bond acceptors (Lipinski definition) is 2. The van der Waals surface area contributed by atoms with Crippen LogP contribution in [0.3, 0.4) is 0 Å². The first-order valence-corrected chi connectivity index (χ1v) is 4.63. The Balaban J connectivity index is 2.32. The van der Waals surface area contributed by atoms with Gasteiger partial charge in [0.25, 0.3) is 0 Å². The summed E-state index contributed by atoms with van der Waals surface area (Å²) in [7, 11) is 0. The highest BCUT2D eigenvalue weighted by molar-refractivity contribution is 14.1. The van der Waals surface area contributed by atoms with Gasteiger partial charge in [0.05, 0.1) is 13.2 Å². The van der Waals surface area contributed by atoms with Crippen molar-refractivity contribution in [2.75, 3.05) is 17.6 Å².